The van der Waals surface area contributed by atoms with E-state index in [0.29, 0.717) is 52.3 Å². The predicted octanol–water partition coefficient (Wildman–Crippen LogP) is 1.08. The van der Waals surface area contributed by atoms with Crippen molar-refractivity contribution in [1.82, 2.24) is 77.3 Å². The number of aliphatic carboxylic acids is 2. The summed E-state index contributed by atoms with van der Waals surface area (Å²) >= 11 is 0.547. The number of nitrogens with two attached hydrogens (primary N) is 2. The van der Waals surface area contributed by atoms with Gasteiger partial charge in [-0.1, -0.05) is 106 Å². The molecule has 0 radical (unpaired) electrons. The Kier molecular flexibility index (Phi) is 38.1. The summed E-state index contributed by atoms with van der Waals surface area (Å²) < 4.78 is 59.7. The summed E-state index contributed by atoms with van der Waals surface area (Å²) in [6.45, 7) is 3.54. The maximum absolute atomic E-state index is 15.7. The third-order valence-electron chi connectivity index (χ3n) is 23.7. The van der Waals surface area contributed by atoms with E-state index in [1.165, 1.54) is 64.3 Å². The number of rotatable bonds is 24. The molecule has 16 amide bonds. The molecule has 0 saturated carbocycles. The van der Waals surface area contributed by atoms with Gasteiger partial charge in [-0.3, -0.25) is 86.3 Å². The highest BCUT2D eigenvalue weighted by Gasteiger charge is 2.46. The van der Waals surface area contributed by atoms with E-state index in [9.17, 15) is 67.3 Å². The Bertz CT molecular complexity index is 5330. The van der Waals surface area contributed by atoms with Gasteiger partial charge in [0.25, 0.3) is 0 Å². The van der Waals surface area contributed by atoms with Crippen LogP contribution in [0.25, 0.3) is 10.9 Å². The lowest BCUT2D eigenvalue weighted by Gasteiger charge is -2.38. The monoisotopic (exact) mass is 1900 g/mol. The first-order valence-corrected chi connectivity index (χ1v) is 45.2. The van der Waals surface area contributed by atoms with Gasteiger partial charge in [-0.2, -0.15) is 0 Å². The Hall–Kier alpha value is -14.0. The van der Waals surface area contributed by atoms with Crippen molar-refractivity contribution in [3.63, 3.8) is 0 Å². The van der Waals surface area contributed by atoms with Crippen LogP contribution in [0, 0.1) is 29.2 Å². The lowest BCUT2D eigenvalue weighted by Crippen LogP contribution is -2.63. The Morgan fingerprint density at radius 1 is 0.496 bits per heavy atom. The molecule has 17 N–H and O–H groups in total. The summed E-state index contributed by atoms with van der Waals surface area (Å²) in [5.74, 6) is -29.4. The number of fused-ring (bicyclic) bond motifs is 3. The minimum atomic E-state index is -2.07. The van der Waals surface area contributed by atoms with Crippen LogP contribution in [-0.2, 0) is 118 Å². The van der Waals surface area contributed by atoms with Gasteiger partial charge in [-0.15, -0.1) is 11.8 Å². The van der Waals surface area contributed by atoms with Crippen molar-refractivity contribution in [1.29, 1.82) is 0 Å². The summed E-state index contributed by atoms with van der Waals surface area (Å²) in [7, 11) is 3.50. The number of unbranched alkanes of at least 4 members (excludes halogenated alkanes) is 1. The first-order valence-electron chi connectivity index (χ1n) is 44.0. The van der Waals surface area contributed by atoms with Crippen LogP contribution in [0.3, 0.4) is 0 Å². The zero-order valence-electron chi connectivity index (χ0n) is 75.2. The number of piperidine rings is 1. The lowest BCUT2D eigenvalue weighted by molar-refractivity contribution is -0.152. The Balaban J connectivity index is 1.14. The van der Waals surface area contributed by atoms with Gasteiger partial charge in [0.2, 0.25) is 94.5 Å². The number of H-pyrrole nitrogens is 1. The van der Waals surface area contributed by atoms with Crippen LogP contribution >= 0.6 is 11.8 Å². The molecule has 135 heavy (non-hydrogen) atoms. The highest BCUT2D eigenvalue weighted by Crippen LogP contribution is 2.29. The van der Waals surface area contributed by atoms with E-state index in [1.807, 2.05) is 0 Å². The Morgan fingerprint density at radius 3 is 1.65 bits per heavy atom. The number of nitrogens with one attached hydrogen (secondary N) is 10. The van der Waals surface area contributed by atoms with Crippen LogP contribution in [0.4, 0.5) is 17.6 Å². The number of aromatic hydroxyl groups is 1. The van der Waals surface area contributed by atoms with Gasteiger partial charge in [0.15, 0.2) is 17.5 Å². The molecule has 3 aliphatic heterocycles. The number of halogens is 4. The number of para-hydroxylation sites is 1. The quantitative estimate of drug-likeness (QED) is 0.0298. The SMILES string of the molecule is CCCC[C@H]1C(=O)N2CCC[C@@H]2C(=O)N[C@@H](CC(=O)O)C(=O)N[C@@H](C(C)C)C(=O)N(C)[C@@H](Cc2ccccc2)C(=O)N[C@@H](CCC(=O)O)C(=O)N2CCCC[C@@H]2C(=O)N[C@@H](Cc2c[nH]c3ccccc23)C(=O)N[C@@H](Cc2ccc(O)cc2)C(=O)N[C@@H](CC(N)=O)C(=O)N[C@H](C(=O)NCC(N)=O)CSCC(=O)N[C@@H](Cc2cc(F)c(F)c(F)c2)C(=O)N(C)[C@@H](Cc2ccc(F)cc2)C(=O)N1C. The van der Waals surface area contributed by atoms with Gasteiger partial charge in [0.1, 0.15) is 90.1 Å². The van der Waals surface area contributed by atoms with Gasteiger partial charge in [-0.05, 0) is 121 Å². The molecule has 43 heteroatoms. The summed E-state index contributed by atoms with van der Waals surface area (Å²) in [4.78, 5) is 271. The molecule has 0 unspecified atom stereocenters. The molecule has 3 saturated heterocycles. The first kappa shape index (κ1) is 105. The summed E-state index contributed by atoms with van der Waals surface area (Å²) in [6.07, 6.45) is -3.56. The number of benzene rings is 5. The van der Waals surface area contributed by atoms with Crippen molar-refractivity contribution in [3.05, 3.63) is 173 Å². The van der Waals surface area contributed by atoms with E-state index in [1.54, 1.807) is 67.7 Å². The molecule has 5 aromatic carbocycles. The fourth-order valence-corrected chi connectivity index (χ4v) is 17.2. The fraction of sp³-hybridized carbons (Fsp3) is 0.457. The number of hydrogen-bond acceptors (Lipinski definition) is 20. The zero-order valence-corrected chi connectivity index (χ0v) is 76.0. The number of phenolic OH excluding ortho intramolecular Hbond substituents is 1. The van der Waals surface area contributed by atoms with E-state index in [0.717, 1.165) is 43.7 Å². The van der Waals surface area contributed by atoms with Gasteiger partial charge in [0, 0.05) is 95.6 Å². The molecule has 3 fully saturated rings. The van der Waals surface area contributed by atoms with Crippen LogP contribution < -0.4 is 59.3 Å². The molecular weight excluding hydrogens is 1790 g/mol. The van der Waals surface area contributed by atoms with Crippen molar-refractivity contribution in [2.45, 2.75) is 208 Å². The molecule has 1 aromatic heterocycles. The largest absolute Gasteiger partial charge is 0.508 e. The average molecular weight is 1900 g/mol. The summed E-state index contributed by atoms with van der Waals surface area (Å²) in [5.41, 5.74) is 12.5. The summed E-state index contributed by atoms with van der Waals surface area (Å²) in [5, 5.41) is 53.9. The lowest BCUT2D eigenvalue weighted by atomic mass is 9.97. The molecular formula is C92H113F4N17O21S. The second-order valence-electron chi connectivity index (χ2n) is 33.9. The third kappa shape index (κ3) is 29.2. The van der Waals surface area contributed by atoms with E-state index in [-0.39, 0.29) is 87.8 Å². The van der Waals surface area contributed by atoms with E-state index >= 15 is 51.9 Å². The Labute approximate surface area is 778 Å². The number of hydrogen-bond donors (Lipinski definition) is 15. The number of primary amides is 2. The van der Waals surface area contributed by atoms with Crippen molar-refractivity contribution >= 4 is 129 Å². The number of carboxylic acid groups (broad SMARTS) is 2. The van der Waals surface area contributed by atoms with Crippen molar-refractivity contribution in [2.24, 2.45) is 17.4 Å². The molecule has 9 rings (SSSR count). The van der Waals surface area contributed by atoms with E-state index in [2.05, 4.69) is 52.8 Å². The first-order chi connectivity index (χ1) is 64.1. The maximum atomic E-state index is 15.7. The highest BCUT2D eigenvalue weighted by molar-refractivity contribution is 8.00. The number of aromatic amines is 1. The molecule has 38 nitrogen and oxygen atoms in total. The standard InChI is InChI=1S/C92H113F4N17O21S/c1-7-8-21-70-91(133)113-35-16-23-69(113)86(128)106-65(44-77(120)121)84(126)108-79(49(2)3)92(134)110(5)71(40-50-17-10-9-11-18-50)87(129)102-61(32-33-76(118)119)89(131)112-34-15-14-22-68(112)85(127)105-63(42-54-45-99-60-20-13-12-19-57(54)60)82(124)103-62(38-51-26-30-56(114)31-27-51)81(123)104-64(43-73(97)115)83(125)107-67(80(122)100-46-74(98)116)47-135-48-75(117)101-66(39-53-36-58(94)78(96)59(95)37-53)88(130)111(6)72(90(132)109(70)4)41-52-24-28-55(93)29-25-52/h9-13,17-20,24-31,36-37,45,49,61-72,79,99,114H,7-8,14-16,21-23,32-35,38-44,46-48H2,1-6H3,(H2,97,115)(H2,98,116)(H,100,122)(H,101,117)(H,102,129)(H,103,124)(H,104,123)(H,105,127)(H,106,128)(H,107,125)(H,108,126)(H,118,119)(H,120,121)/t61-,62-,63-,64-,65-,66-,67-,68+,69+,70-,71-,72-,79-/m0/s1. The predicted molar refractivity (Wildman–Crippen MR) is 480 cm³/mol. The number of carbonyl (C=O) groups is 18. The molecule has 13 atom stereocenters. The van der Waals surface area contributed by atoms with Crippen LogP contribution in [0.1, 0.15) is 126 Å². The third-order valence-corrected chi connectivity index (χ3v) is 24.7. The van der Waals surface area contributed by atoms with Gasteiger partial charge in [0.05, 0.1) is 25.1 Å². The maximum Gasteiger partial charge on any atom is 0.305 e. The van der Waals surface area contributed by atoms with Crippen molar-refractivity contribution in [2.75, 3.05) is 52.3 Å². The van der Waals surface area contributed by atoms with E-state index in [4.69, 9.17) is 11.5 Å². The van der Waals surface area contributed by atoms with Crippen molar-refractivity contribution < 1.29 is 119 Å². The summed E-state index contributed by atoms with van der Waals surface area (Å²) in [6, 6.07) is 3.03. The van der Waals surface area contributed by atoms with Gasteiger partial charge in [-0.25, -0.2) is 17.6 Å². The number of carbonyl (C=O) groups excluding carboxylic acids is 16. The molecule has 726 valence electrons. The van der Waals surface area contributed by atoms with Gasteiger partial charge >= 0.3 is 11.9 Å². The molecule has 4 heterocycles. The minimum Gasteiger partial charge on any atom is -0.508 e. The molecule has 0 aliphatic carbocycles. The highest BCUT2D eigenvalue weighted by atomic mass is 32.2. The number of aromatic nitrogens is 1. The normalized spacial score (nSPS) is 23.4. The number of amides is 16. The van der Waals surface area contributed by atoms with Gasteiger partial charge < -0.3 is 104 Å². The second-order valence-corrected chi connectivity index (χ2v) is 34.9. The molecule has 3 aliphatic rings. The van der Waals surface area contributed by atoms with Crippen molar-refractivity contribution in [3.8, 4) is 5.75 Å². The minimum absolute atomic E-state index is 0.0973. The van der Waals surface area contributed by atoms with E-state index < -0.39 is 283 Å². The van der Waals surface area contributed by atoms with Crippen LogP contribution in [0.5, 0.6) is 5.75 Å². The van der Waals surface area contributed by atoms with Crippen LogP contribution in [0.2, 0.25) is 0 Å². The molecule has 6 aromatic rings. The smallest absolute Gasteiger partial charge is 0.305 e. The molecule has 0 bridgehead atoms. The van der Waals surface area contributed by atoms with Crippen LogP contribution in [-0.4, -0.2) is 282 Å². The number of thioether (sulfide) groups is 1. The Morgan fingerprint density at radius 2 is 1.02 bits per heavy atom. The number of likely N-dealkylation sites (N-methyl/N-ethyl adjacent to an activating group) is 3. The second kappa shape index (κ2) is 49.1. The zero-order chi connectivity index (χ0) is 98.8. The topological polar surface area (TPSA) is 560 Å². The number of carboxylic acids is 2. The van der Waals surface area contributed by atoms with Crippen LogP contribution in [0.15, 0.2) is 121 Å². The number of phenols is 1. The molecule has 0 spiro atoms. The average Bonchev–Trinajstić information content (AvgIpc) is 1.76. The number of nitrogens with zero attached hydrogens (tertiary/aromatic N) is 5. The fourth-order valence-electron chi connectivity index (χ4n) is 16.3.